The van der Waals surface area contributed by atoms with Crippen LogP contribution in [0.4, 0.5) is 0 Å². The molecule has 0 spiro atoms. The molecule has 23 heavy (non-hydrogen) atoms. The molecule has 1 saturated heterocycles. The van der Waals surface area contributed by atoms with Crippen LogP contribution in [-0.2, 0) is 17.9 Å². The molecule has 2 rings (SSSR count). The van der Waals surface area contributed by atoms with Crippen molar-refractivity contribution < 1.29 is 4.79 Å². The summed E-state index contributed by atoms with van der Waals surface area (Å²) >= 11 is 0. The summed E-state index contributed by atoms with van der Waals surface area (Å²) in [6, 6.07) is 0. The zero-order valence-electron chi connectivity index (χ0n) is 15.2. The van der Waals surface area contributed by atoms with E-state index in [4.69, 9.17) is 0 Å². The molecule has 1 aliphatic rings. The van der Waals surface area contributed by atoms with E-state index in [0.717, 1.165) is 31.9 Å². The molecule has 1 aliphatic heterocycles. The minimum atomic E-state index is -0.0766. The predicted octanol–water partition coefficient (Wildman–Crippen LogP) is 2.46. The molecular weight excluding hydrogens is 288 g/mol. The molecule has 5 nitrogen and oxygen atoms in total. The summed E-state index contributed by atoms with van der Waals surface area (Å²) in [6.45, 7) is 15.5. The minimum Gasteiger partial charge on any atom is -0.338 e. The van der Waals surface area contributed by atoms with E-state index in [2.05, 4.69) is 50.6 Å². The second kappa shape index (κ2) is 6.87. The molecule has 0 aromatic carbocycles. The van der Waals surface area contributed by atoms with E-state index < -0.39 is 0 Å². The zero-order valence-corrected chi connectivity index (χ0v) is 15.2. The molecule has 0 radical (unpaired) electrons. The summed E-state index contributed by atoms with van der Waals surface area (Å²) in [5.41, 5.74) is 2.23. The van der Waals surface area contributed by atoms with Crippen LogP contribution in [0.25, 0.3) is 0 Å². The highest BCUT2D eigenvalue weighted by Gasteiger charge is 2.36. The number of aromatic nitrogens is 2. The highest BCUT2D eigenvalue weighted by atomic mass is 16.2. The maximum Gasteiger partial charge on any atom is 0.223 e. The van der Waals surface area contributed by atoms with Gasteiger partial charge in [0, 0.05) is 43.4 Å². The molecule has 1 atom stereocenters. The summed E-state index contributed by atoms with van der Waals surface area (Å²) in [5, 5.41) is 4.50. The SMILES string of the molecule is C=CCn1cc(CN(C)C[C@H]2CC(=O)N(C(C)(C)C)C2)c(C)n1. The summed E-state index contributed by atoms with van der Waals surface area (Å²) in [4.78, 5) is 16.5. The Morgan fingerprint density at radius 2 is 2.17 bits per heavy atom. The first-order valence-electron chi connectivity index (χ1n) is 8.33. The number of carbonyl (C=O) groups is 1. The Balaban J connectivity index is 1.92. The average molecular weight is 318 g/mol. The molecule has 1 fully saturated rings. The number of allylic oxidation sites excluding steroid dienone is 1. The van der Waals surface area contributed by atoms with Crippen LogP contribution in [0.1, 0.15) is 38.4 Å². The van der Waals surface area contributed by atoms with Gasteiger partial charge < -0.3 is 9.80 Å². The van der Waals surface area contributed by atoms with Gasteiger partial charge in [-0.05, 0) is 40.7 Å². The minimum absolute atomic E-state index is 0.0766. The van der Waals surface area contributed by atoms with Crippen molar-refractivity contribution >= 4 is 5.91 Å². The van der Waals surface area contributed by atoms with Crippen LogP contribution in [0.5, 0.6) is 0 Å². The van der Waals surface area contributed by atoms with Gasteiger partial charge in [0.05, 0.1) is 12.2 Å². The van der Waals surface area contributed by atoms with Gasteiger partial charge in [0.15, 0.2) is 0 Å². The number of carbonyl (C=O) groups excluding carboxylic acids is 1. The molecule has 0 bridgehead atoms. The number of nitrogens with zero attached hydrogens (tertiary/aromatic N) is 4. The zero-order chi connectivity index (χ0) is 17.2. The van der Waals surface area contributed by atoms with Gasteiger partial charge in [-0.25, -0.2) is 0 Å². The molecule has 128 valence electrons. The van der Waals surface area contributed by atoms with E-state index in [0.29, 0.717) is 12.3 Å². The van der Waals surface area contributed by atoms with Gasteiger partial charge >= 0.3 is 0 Å². The number of amides is 1. The van der Waals surface area contributed by atoms with Crippen LogP contribution in [-0.4, -0.2) is 51.2 Å². The second-order valence-electron chi connectivity index (χ2n) is 7.69. The number of likely N-dealkylation sites (tertiary alicyclic amines) is 1. The van der Waals surface area contributed by atoms with Crippen molar-refractivity contribution in [3.63, 3.8) is 0 Å². The Morgan fingerprint density at radius 1 is 1.48 bits per heavy atom. The summed E-state index contributed by atoms with van der Waals surface area (Å²) in [5.74, 6) is 0.695. The Hall–Kier alpha value is -1.62. The lowest BCUT2D eigenvalue weighted by atomic mass is 10.1. The van der Waals surface area contributed by atoms with Gasteiger partial charge in [-0.3, -0.25) is 9.48 Å². The maximum atomic E-state index is 12.2. The molecule has 0 N–H and O–H groups in total. The van der Waals surface area contributed by atoms with Crippen LogP contribution < -0.4 is 0 Å². The van der Waals surface area contributed by atoms with Gasteiger partial charge in [0.25, 0.3) is 0 Å². The van der Waals surface area contributed by atoms with E-state index in [1.54, 1.807) is 0 Å². The topological polar surface area (TPSA) is 41.4 Å². The second-order valence-corrected chi connectivity index (χ2v) is 7.69. The van der Waals surface area contributed by atoms with Crippen molar-refractivity contribution in [1.29, 1.82) is 0 Å². The van der Waals surface area contributed by atoms with Crippen molar-refractivity contribution in [2.45, 2.75) is 52.7 Å². The first kappa shape index (κ1) is 17.7. The number of hydrogen-bond acceptors (Lipinski definition) is 3. The van der Waals surface area contributed by atoms with Crippen LogP contribution in [0, 0.1) is 12.8 Å². The van der Waals surface area contributed by atoms with E-state index in [1.165, 1.54) is 5.56 Å². The first-order chi connectivity index (χ1) is 10.7. The lowest BCUT2D eigenvalue weighted by Gasteiger charge is -2.32. The fourth-order valence-corrected chi connectivity index (χ4v) is 3.29. The highest BCUT2D eigenvalue weighted by Crippen LogP contribution is 2.26. The van der Waals surface area contributed by atoms with Crippen molar-refractivity contribution in [3.05, 3.63) is 30.1 Å². The summed E-state index contributed by atoms with van der Waals surface area (Å²) in [6.07, 6.45) is 4.61. The van der Waals surface area contributed by atoms with Gasteiger partial charge in [-0.15, -0.1) is 6.58 Å². The number of aryl methyl sites for hydroxylation is 1. The summed E-state index contributed by atoms with van der Waals surface area (Å²) in [7, 11) is 2.12. The number of hydrogen-bond donors (Lipinski definition) is 0. The molecule has 1 aromatic rings. The van der Waals surface area contributed by atoms with Crippen molar-refractivity contribution in [2.75, 3.05) is 20.1 Å². The molecule has 0 unspecified atom stereocenters. The van der Waals surface area contributed by atoms with Gasteiger partial charge in [0.2, 0.25) is 5.91 Å². The molecule has 0 saturated carbocycles. The Bertz CT molecular complexity index is 570. The van der Waals surface area contributed by atoms with Crippen LogP contribution in [0.15, 0.2) is 18.9 Å². The fourth-order valence-electron chi connectivity index (χ4n) is 3.29. The van der Waals surface area contributed by atoms with Gasteiger partial charge in [-0.1, -0.05) is 6.08 Å². The third-order valence-corrected chi connectivity index (χ3v) is 4.39. The molecule has 1 amide bonds. The van der Waals surface area contributed by atoms with E-state index >= 15 is 0 Å². The maximum absolute atomic E-state index is 12.2. The fraction of sp³-hybridized carbons (Fsp3) is 0.667. The molecule has 5 heteroatoms. The quantitative estimate of drug-likeness (QED) is 0.757. The standard InChI is InChI=1S/C18H30N4O/c1-7-8-21-13-16(14(2)19-21)12-20(6)10-15-9-17(23)22(11-15)18(3,4)5/h7,13,15H,1,8-12H2,2-6H3/t15-/m1/s1. The van der Waals surface area contributed by atoms with E-state index in [9.17, 15) is 4.79 Å². The molecule has 2 heterocycles. The Morgan fingerprint density at radius 3 is 2.74 bits per heavy atom. The summed E-state index contributed by atoms with van der Waals surface area (Å²) < 4.78 is 1.92. The lowest BCUT2D eigenvalue weighted by molar-refractivity contribution is -0.131. The largest absolute Gasteiger partial charge is 0.338 e. The number of rotatable bonds is 6. The van der Waals surface area contributed by atoms with E-state index in [-0.39, 0.29) is 11.4 Å². The van der Waals surface area contributed by atoms with Crippen LogP contribution >= 0.6 is 0 Å². The molecular formula is C18H30N4O. The molecule has 1 aromatic heterocycles. The normalized spacial score (nSPS) is 19.0. The molecule has 0 aliphatic carbocycles. The highest BCUT2D eigenvalue weighted by molar-refractivity contribution is 5.79. The van der Waals surface area contributed by atoms with Crippen molar-refractivity contribution in [3.8, 4) is 0 Å². The first-order valence-corrected chi connectivity index (χ1v) is 8.33. The van der Waals surface area contributed by atoms with Gasteiger partial charge in [0.1, 0.15) is 0 Å². The van der Waals surface area contributed by atoms with E-state index in [1.807, 2.05) is 22.6 Å². The monoisotopic (exact) mass is 318 g/mol. The average Bonchev–Trinajstić information content (AvgIpc) is 2.93. The smallest absolute Gasteiger partial charge is 0.223 e. The predicted molar refractivity (Wildman–Crippen MR) is 93.1 cm³/mol. The lowest BCUT2D eigenvalue weighted by Crippen LogP contribution is -2.42. The Labute approximate surface area is 139 Å². The third kappa shape index (κ3) is 4.44. The van der Waals surface area contributed by atoms with Crippen molar-refractivity contribution in [2.24, 2.45) is 5.92 Å². The Kier molecular flexibility index (Phi) is 5.30. The van der Waals surface area contributed by atoms with Crippen LogP contribution in [0.2, 0.25) is 0 Å². The van der Waals surface area contributed by atoms with Gasteiger partial charge in [-0.2, -0.15) is 5.10 Å². The van der Waals surface area contributed by atoms with Crippen LogP contribution in [0.3, 0.4) is 0 Å². The third-order valence-electron chi connectivity index (χ3n) is 4.39. The van der Waals surface area contributed by atoms with Crippen molar-refractivity contribution in [1.82, 2.24) is 19.6 Å².